The van der Waals surface area contributed by atoms with Crippen molar-refractivity contribution in [1.29, 1.82) is 0 Å². The van der Waals surface area contributed by atoms with Crippen LogP contribution in [0.15, 0.2) is 68.5 Å². The van der Waals surface area contributed by atoms with Crippen molar-refractivity contribution in [2.45, 2.75) is 0 Å². The summed E-state index contributed by atoms with van der Waals surface area (Å²) in [6.45, 7) is 0. The SMILES string of the molecule is Brc1ccc(C2=Nc3cccc4cccc(c34)N2)cc1Br.Cl. The number of benzene rings is 3. The predicted molar refractivity (Wildman–Crippen MR) is 103 cm³/mol. The van der Waals surface area contributed by atoms with Crippen LogP contribution in [-0.4, -0.2) is 5.84 Å². The first-order chi connectivity index (χ1) is 10.2. The van der Waals surface area contributed by atoms with E-state index < -0.39 is 0 Å². The van der Waals surface area contributed by atoms with Gasteiger partial charge in [-0.15, -0.1) is 12.4 Å². The van der Waals surface area contributed by atoms with Crippen LogP contribution in [0.25, 0.3) is 10.8 Å². The Hall–Kier alpha value is -1.36. The van der Waals surface area contributed by atoms with E-state index in [1.54, 1.807) is 0 Å². The molecule has 0 spiro atoms. The Balaban J connectivity index is 0.00000144. The fourth-order valence-corrected chi connectivity index (χ4v) is 3.20. The monoisotopic (exact) mass is 436 g/mol. The van der Waals surface area contributed by atoms with E-state index in [0.29, 0.717) is 0 Å². The Bertz CT molecular complexity index is 901. The third-order valence-electron chi connectivity index (χ3n) is 3.56. The smallest absolute Gasteiger partial charge is 0.138 e. The summed E-state index contributed by atoms with van der Waals surface area (Å²) in [6.07, 6.45) is 0. The molecule has 1 N–H and O–H groups in total. The molecule has 0 unspecified atom stereocenters. The van der Waals surface area contributed by atoms with E-state index in [1.165, 1.54) is 10.8 Å². The van der Waals surface area contributed by atoms with Crippen LogP contribution in [-0.2, 0) is 0 Å². The van der Waals surface area contributed by atoms with Gasteiger partial charge in [0.1, 0.15) is 5.84 Å². The van der Waals surface area contributed by atoms with Crippen LogP contribution in [0.3, 0.4) is 0 Å². The van der Waals surface area contributed by atoms with Gasteiger partial charge in [-0.2, -0.15) is 0 Å². The molecule has 5 heteroatoms. The number of hydrogen-bond acceptors (Lipinski definition) is 2. The van der Waals surface area contributed by atoms with Gasteiger partial charge in [-0.25, -0.2) is 4.99 Å². The van der Waals surface area contributed by atoms with E-state index in [-0.39, 0.29) is 12.4 Å². The number of rotatable bonds is 1. The molecule has 4 rings (SSSR count). The second-order valence-corrected chi connectivity index (χ2v) is 6.60. The van der Waals surface area contributed by atoms with Crippen LogP contribution in [0.1, 0.15) is 5.56 Å². The zero-order valence-electron chi connectivity index (χ0n) is 11.3. The highest BCUT2D eigenvalue weighted by Crippen LogP contribution is 2.36. The van der Waals surface area contributed by atoms with E-state index in [9.17, 15) is 0 Å². The number of anilines is 1. The van der Waals surface area contributed by atoms with Gasteiger partial charge in [0, 0.05) is 25.6 Å². The number of aliphatic imine (C=N–C) groups is 1. The van der Waals surface area contributed by atoms with Gasteiger partial charge in [-0.3, -0.25) is 0 Å². The van der Waals surface area contributed by atoms with Crippen molar-refractivity contribution in [1.82, 2.24) is 0 Å². The Morgan fingerprint density at radius 1 is 0.864 bits per heavy atom. The van der Waals surface area contributed by atoms with Crippen molar-refractivity contribution in [2.24, 2.45) is 4.99 Å². The molecular formula is C17H11Br2ClN2. The van der Waals surface area contributed by atoms with Crippen LogP contribution < -0.4 is 5.32 Å². The molecule has 0 aromatic heterocycles. The zero-order chi connectivity index (χ0) is 14.4. The molecule has 0 fully saturated rings. The summed E-state index contributed by atoms with van der Waals surface area (Å²) in [6, 6.07) is 18.6. The van der Waals surface area contributed by atoms with Gasteiger partial charge in [0.2, 0.25) is 0 Å². The number of hydrogen-bond donors (Lipinski definition) is 1. The largest absolute Gasteiger partial charge is 0.339 e. The molecule has 0 saturated carbocycles. The van der Waals surface area contributed by atoms with Crippen LogP contribution >= 0.6 is 44.3 Å². The molecule has 0 radical (unpaired) electrons. The lowest BCUT2D eigenvalue weighted by molar-refractivity contribution is 1.45. The van der Waals surface area contributed by atoms with Crippen LogP contribution in [0.4, 0.5) is 11.4 Å². The van der Waals surface area contributed by atoms with E-state index >= 15 is 0 Å². The van der Waals surface area contributed by atoms with E-state index in [1.807, 2.05) is 12.1 Å². The molecule has 0 saturated heterocycles. The highest BCUT2D eigenvalue weighted by molar-refractivity contribution is 9.13. The van der Waals surface area contributed by atoms with Gasteiger partial charge in [-0.05, 0) is 61.5 Å². The van der Waals surface area contributed by atoms with Gasteiger partial charge in [0.15, 0.2) is 0 Å². The fraction of sp³-hybridized carbons (Fsp3) is 0. The van der Waals surface area contributed by atoms with Crippen molar-refractivity contribution in [2.75, 3.05) is 5.32 Å². The maximum Gasteiger partial charge on any atom is 0.138 e. The van der Waals surface area contributed by atoms with Gasteiger partial charge < -0.3 is 5.32 Å². The van der Waals surface area contributed by atoms with Crippen molar-refractivity contribution < 1.29 is 0 Å². The molecule has 1 aliphatic rings. The molecule has 3 aromatic carbocycles. The van der Waals surface area contributed by atoms with Gasteiger partial charge in [-0.1, -0.05) is 30.3 Å². The first kappa shape index (κ1) is 15.5. The first-order valence-corrected chi connectivity index (χ1v) is 8.14. The minimum atomic E-state index is 0. The van der Waals surface area contributed by atoms with Crippen molar-refractivity contribution in [3.63, 3.8) is 0 Å². The molecule has 110 valence electrons. The third kappa shape index (κ3) is 2.56. The summed E-state index contributed by atoms with van der Waals surface area (Å²) in [5.74, 6) is 0.870. The summed E-state index contributed by atoms with van der Waals surface area (Å²) < 4.78 is 2.05. The Morgan fingerprint density at radius 2 is 1.64 bits per heavy atom. The number of nitrogens with zero attached hydrogens (tertiary/aromatic N) is 1. The molecule has 0 aliphatic carbocycles. The van der Waals surface area contributed by atoms with Crippen LogP contribution in [0.5, 0.6) is 0 Å². The van der Waals surface area contributed by atoms with Gasteiger partial charge >= 0.3 is 0 Å². The van der Waals surface area contributed by atoms with Crippen LogP contribution in [0.2, 0.25) is 0 Å². The number of amidine groups is 1. The van der Waals surface area contributed by atoms with Crippen molar-refractivity contribution >= 4 is 72.2 Å². The Labute approximate surface area is 151 Å². The summed E-state index contributed by atoms with van der Waals surface area (Å²) in [5, 5.41) is 5.82. The van der Waals surface area contributed by atoms with Crippen LogP contribution in [0, 0.1) is 0 Å². The highest BCUT2D eigenvalue weighted by Gasteiger charge is 2.15. The molecule has 0 atom stereocenters. The lowest BCUT2D eigenvalue weighted by Gasteiger charge is -2.19. The van der Waals surface area contributed by atoms with Crippen molar-refractivity contribution in [3.05, 3.63) is 69.1 Å². The molecular weight excluding hydrogens is 427 g/mol. The lowest BCUT2D eigenvalue weighted by Crippen LogP contribution is -2.16. The summed E-state index contributed by atoms with van der Waals surface area (Å²) in [7, 11) is 0. The molecule has 1 heterocycles. The second-order valence-electron chi connectivity index (χ2n) is 4.90. The van der Waals surface area contributed by atoms with E-state index in [2.05, 4.69) is 79.6 Å². The average Bonchev–Trinajstić information content (AvgIpc) is 2.50. The molecule has 22 heavy (non-hydrogen) atoms. The molecule has 3 aromatic rings. The third-order valence-corrected chi connectivity index (χ3v) is 5.44. The Kier molecular flexibility index (Phi) is 4.26. The van der Waals surface area contributed by atoms with E-state index in [4.69, 9.17) is 4.99 Å². The predicted octanol–water partition coefficient (Wildman–Crippen LogP) is 6.29. The summed E-state index contributed by atoms with van der Waals surface area (Å²) in [5.41, 5.74) is 3.17. The first-order valence-electron chi connectivity index (χ1n) is 6.55. The fourth-order valence-electron chi connectivity index (χ4n) is 2.57. The molecule has 2 nitrogen and oxygen atoms in total. The molecule has 0 amide bonds. The average molecular weight is 439 g/mol. The second kappa shape index (κ2) is 6.03. The molecule has 1 aliphatic heterocycles. The maximum atomic E-state index is 4.77. The number of nitrogens with one attached hydrogen (secondary N) is 1. The maximum absolute atomic E-state index is 4.77. The number of halogens is 3. The minimum Gasteiger partial charge on any atom is -0.339 e. The minimum absolute atomic E-state index is 0. The quantitative estimate of drug-likeness (QED) is 0.474. The lowest BCUT2D eigenvalue weighted by atomic mass is 10.0. The topological polar surface area (TPSA) is 24.4 Å². The molecule has 0 bridgehead atoms. The highest BCUT2D eigenvalue weighted by atomic mass is 79.9. The normalized spacial score (nSPS) is 12.4. The summed E-state index contributed by atoms with van der Waals surface area (Å²) >= 11 is 7.04. The zero-order valence-corrected chi connectivity index (χ0v) is 15.3. The van der Waals surface area contributed by atoms with Gasteiger partial charge in [0.05, 0.1) is 5.69 Å². The van der Waals surface area contributed by atoms with Crippen molar-refractivity contribution in [3.8, 4) is 0 Å². The summed E-state index contributed by atoms with van der Waals surface area (Å²) in [4.78, 5) is 4.77. The standard InChI is InChI=1S/C17H10Br2N2.ClH/c18-12-8-7-11(9-13(12)19)17-20-14-5-1-3-10-4-2-6-15(21-17)16(10)14;/h1-9H,(H,20,21);1H. The van der Waals surface area contributed by atoms with Gasteiger partial charge in [0.25, 0.3) is 0 Å². The Morgan fingerprint density at radius 3 is 2.41 bits per heavy atom. The van der Waals surface area contributed by atoms with E-state index in [0.717, 1.165) is 31.7 Å².